The molecule has 0 bridgehead atoms. The van der Waals surface area contributed by atoms with Crippen molar-refractivity contribution in [1.29, 1.82) is 0 Å². The summed E-state index contributed by atoms with van der Waals surface area (Å²) in [6.07, 6.45) is -3.66. The van der Waals surface area contributed by atoms with Crippen LogP contribution in [0.5, 0.6) is 0 Å². The molecule has 2 heterocycles. The van der Waals surface area contributed by atoms with E-state index in [0.717, 1.165) is 12.5 Å². The molecule has 14 heteroatoms. The Kier molecular flexibility index (Phi) is 8.84. The first-order valence-electron chi connectivity index (χ1n) is 13.4. The molecule has 0 fully saturated rings. The van der Waals surface area contributed by atoms with Crippen LogP contribution >= 0.6 is 0 Å². The molecule has 0 aliphatic rings. The maximum Gasteiger partial charge on any atom is 0.416 e. The van der Waals surface area contributed by atoms with Gasteiger partial charge in [0.25, 0.3) is 5.91 Å². The number of amides is 1. The molecular weight excluding hydrogens is 587 g/mol. The largest absolute Gasteiger partial charge is 0.416 e. The number of aromatic nitrogens is 4. The van der Waals surface area contributed by atoms with E-state index in [1.165, 1.54) is 43.3 Å². The van der Waals surface area contributed by atoms with Gasteiger partial charge in [-0.15, -0.1) is 0 Å². The highest BCUT2D eigenvalue weighted by atomic mass is 32.2. The van der Waals surface area contributed by atoms with Crippen molar-refractivity contribution < 1.29 is 36.0 Å². The van der Waals surface area contributed by atoms with Crippen LogP contribution in [-0.4, -0.2) is 51.5 Å². The maximum absolute atomic E-state index is 14.2. The summed E-state index contributed by atoms with van der Waals surface area (Å²) in [6, 6.07) is 8.70. The third-order valence-electron chi connectivity index (χ3n) is 6.98. The maximum atomic E-state index is 14.2. The number of carbonyl (C=O) groups excluding carboxylic acids is 1. The number of halogens is 3. The zero-order chi connectivity index (χ0) is 31.7. The number of hydrogen-bond donors (Lipinski definition) is 2. The lowest BCUT2D eigenvalue weighted by Gasteiger charge is -2.22. The third-order valence-corrected chi connectivity index (χ3v) is 8.73. The molecule has 0 aliphatic heterocycles. The van der Waals surface area contributed by atoms with Crippen molar-refractivity contribution in [3.05, 3.63) is 82.8 Å². The van der Waals surface area contributed by atoms with Crippen LogP contribution in [0.2, 0.25) is 0 Å². The first-order chi connectivity index (χ1) is 20.1. The number of nitrogens with one attached hydrogen (secondary N) is 1. The van der Waals surface area contributed by atoms with Crippen LogP contribution in [0.3, 0.4) is 0 Å². The highest BCUT2D eigenvalue weighted by Crippen LogP contribution is 2.36. The molecule has 2 aromatic heterocycles. The Morgan fingerprint density at radius 2 is 1.79 bits per heavy atom. The molecule has 43 heavy (non-hydrogen) atoms. The Balaban J connectivity index is 1.69. The van der Waals surface area contributed by atoms with Crippen molar-refractivity contribution >= 4 is 15.7 Å². The van der Waals surface area contributed by atoms with Crippen LogP contribution in [0.25, 0.3) is 11.4 Å². The summed E-state index contributed by atoms with van der Waals surface area (Å²) in [5.74, 6) is -0.308. The van der Waals surface area contributed by atoms with Gasteiger partial charge >= 0.3 is 6.18 Å². The molecule has 2 N–H and O–H groups in total. The molecule has 0 radical (unpaired) electrons. The monoisotopic (exact) mass is 619 g/mol. The van der Waals surface area contributed by atoms with Gasteiger partial charge in [0.15, 0.2) is 9.84 Å². The van der Waals surface area contributed by atoms with Gasteiger partial charge in [0.2, 0.25) is 12.2 Å². The average Bonchev–Trinajstić information content (AvgIpc) is 3.60. The van der Waals surface area contributed by atoms with Gasteiger partial charge in [-0.1, -0.05) is 57.1 Å². The van der Waals surface area contributed by atoms with E-state index in [4.69, 9.17) is 0 Å². The van der Waals surface area contributed by atoms with Crippen molar-refractivity contribution in [2.75, 3.05) is 12.4 Å². The van der Waals surface area contributed by atoms with E-state index in [1.54, 1.807) is 11.5 Å². The molecule has 0 unspecified atom stereocenters. The Hall–Kier alpha value is -4.04. The van der Waals surface area contributed by atoms with Crippen molar-refractivity contribution in [2.45, 2.75) is 63.7 Å². The van der Waals surface area contributed by atoms with Crippen molar-refractivity contribution in [2.24, 2.45) is 0 Å². The van der Waals surface area contributed by atoms with Crippen molar-refractivity contribution in [3.8, 4) is 11.4 Å². The number of nitrogens with zero attached hydrogens (tertiary/aromatic N) is 4. The third kappa shape index (κ3) is 6.80. The van der Waals surface area contributed by atoms with E-state index in [0.29, 0.717) is 17.1 Å². The fourth-order valence-corrected chi connectivity index (χ4v) is 5.52. The van der Waals surface area contributed by atoms with Gasteiger partial charge in [-0.3, -0.25) is 4.79 Å². The highest BCUT2D eigenvalue weighted by Gasteiger charge is 2.35. The molecule has 1 amide bonds. The summed E-state index contributed by atoms with van der Waals surface area (Å²) < 4.78 is 73.1. The second kappa shape index (κ2) is 11.9. The normalized spacial score (nSPS) is 13.2. The van der Waals surface area contributed by atoms with Crippen LogP contribution in [0, 0.1) is 6.92 Å². The predicted octanol–water partition coefficient (Wildman–Crippen LogP) is 4.86. The number of carbonyl (C=O) groups is 1. The molecule has 0 spiro atoms. The summed E-state index contributed by atoms with van der Waals surface area (Å²) in [5, 5.41) is 16.4. The SMILES string of the molecule is CCS(=O)(=O)c1ccc([C@@H](CO)NC(=O)c2nc(C(C)(C)C)n(Cc3ccc(-c4ncon4)cc3C(F)(F)F)c2C)cc1. The van der Waals surface area contributed by atoms with E-state index in [1.807, 2.05) is 20.8 Å². The standard InChI is InChI=1S/C29H32F3N5O5S/c1-6-43(40,41)21-11-9-18(10-12-21)23(15-38)34-26(39)24-17(2)37(27(35-24)28(3,4)5)14-20-8-7-19(25-33-16-42-36-25)13-22(20)29(30,31)32/h7-13,16,23,38H,6,14-15H2,1-5H3,(H,34,39)/t23-/m1/s1. The van der Waals surface area contributed by atoms with Gasteiger partial charge < -0.3 is 19.5 Å². The molecule has 0 saturated heterocycles. The minimum Gasteiger partial charge on any atom is -0.394 e. The summed E-state index contributed by atoms with van der Waals surface area (Å²) >= 11 is 0. The molecule has 4 rings (SSSR count). The highest BCUT2D eigenvalue weighted by molar-refractivity contribution is 7.91. The molecule has 0 saturated carbocycles. The molecule has 0 aliphatic carbocycles. The molecule has 1 atom stereocenters. The lowest BCUT2D eigenvalue weighted by molar-refractivity contribution is -0.138. The van der Waals surface area contributed by atoms with E-state index >= 15 is 0 Å². The first-order valence-corrected chi connectivity index (χ1v) is 15.0. The zero-order valence-electron chi connectivity index (χ0n) is 24.2. The van der Waals surface area contributed by atoms with Crippen LogP contribution in [0.1, 0.15) is 72.4 Å². The smallest absolute Gasteiger partial charge is 0.394 e. The van der Waals surface area contributed by atoms with Crippen LogP contribution in [-0.2, 0) is 28.0 Å². The van der Waals surface area contributed by atoms with Crippen molar-refractivity contribution in [1.82, 2.24) is 25.0 Å². The number of aliphatic hydroxyl groups is 1. The quantitative estimate of drug-likeness (QED) is 0.271. The zero-order valence-corrected chi connectivity index (χ0v) is 25.0. The van der Waals surface area contributed by atoms with Gasteiger partial charge in [-0.25, -0.2) is 13.4 Å². The molecule has 230 valence electrons. The van der Waals surface area contributed by atoms with Crippen LogP contribution < -0.4 is 5.32 Å². The lowest BCUT2D eigenvalue weighted by atomic mass is 9.95. The Morgan fingerprint density at radius 1 is 1.12 bits per heavy atom. The number of alkyl halides is 3. The molecule has 4 aromatic rings. The fraction of sp³-hybridized carbons (Fsp3) is 0.379. The Labute approximate surface area is 246 Å². The molecule has 2 aromatic carbocycles. The predicted molar refractivity (Wildman–Crippen MR) is 151 cm³/mol. The number of rotatable bonds is 9. The number of imidazole rings is 1. The van der Waals surface area contributed by atoms with Gasteiger partial charge in [0, 0.05) is 23.2 Å². The number of hydrogen-bond acceptors (Lipinski definition) is 8. The van der Waals surface area contributed by atoms with Gasteiger partial charge in [-0.05, 0) is 36.2 Å². The first kappa shape index (κ1) is 31.9. The summed E-state index contributed by atoms with van der Waals surface area (Å²) in [5.41, 5.74) is -0.655. The minimum atomic E-state index is -4.69. The second-order valence-corrected chi connectivity index (χ2v) is 13.3. The topological polar surface area (TPSA) is 140 Å². The summed E-state index contributed by atoms with van der Waals surface area (Å²) in [4.78, 5) is 21.9. The van der Waals surface area contributed by atoms with E-state index in [2.05, 4.69) is 25.0 Å². The van der Waals surface area contributed by atoms with Crippen LogP contribution in [0.15, 0.2) is 58.3 Å². The number of benzene rings is 2. The van der Waals surface area contributed by atoms with Gasteiger partial charge in [0.1, 0.15) is 11.5 Å². The summed E-state index contributed by atoms with van der Waals surface area (Å²) in [6.45, 7) is 7.91. The Bertz CT molecular complexity index is 1710. The lowest BCUT2D eigenvalue weighted by Crippen LogP contribution is -2.31. The van der Waals surface area contributed by atoms with Gasteiger partial charge in [-0.2, -0.15) is 18.2 Å². The van der Waals surface area contributed by atoms with Gasteiger partial charge in [0.05, 0.1) is 28.9 Å². The average molecular weight is 620 g/mol. The van der Waals surface area contributed by atoms with E-state index in [-0.39, 0.29) is 39.8 Å². The molecule has 10 nitrogen and oxygen atoms in total. The number of aliphatic hydroxyl groups excluding tert-OH is 1. The fourth-order valence-electron chi connectivity index (χ4n) is 4.64. The van der Waals surface area contributed by atoms with Crippen LogP contribution in [0.4, 0.5) is 13.2 Å². The van der Waals surface area contributed by atoms with E-state index in [9.17, 15) is 31.5 Å². The second-order valence-electron chi connectivity index (χ2n) is 11.0. The van der Waals surface area contributed by atoms with Crippen molar-refractivity contribution in [3.63, 3.8) is 0 Å². The Morgan fingerprint density at radius 3 is 2.33 bits per heavy atom. The summed E-state index contributed by atoms with van der Waals surface area (Å²) in [7, 11) is -3.43. The van der Waals surface area contributed by atoms with E-state index < -0.39 is 45.5 Å². The minimum absolute atomic E-state index is 0.00877. The molecular formula is C29H32F3N5O5S. The number of sulfone groups is 1.